The number of aromatic nitrogens is 6. The van der Waals surface area contributed by atoms with Crippen molar-refractivity contribution in [3.8, 4) is 11.5 Å². The van der Waals surface area contributed by atoms with Gasteiger partial charge in [0.2, 0.25) is 0 Å². The lowest BCUT2D eigenvalue weighted by molar-refractivity contribution is 0.612. The van der Waals surface area contributed by atoms with Gasteiger partial charge in [-0.15, -0.1) is 0 Å². The van der Waals surface area contributed by atoms with Crippen LogP contribution < -0.4 is 0 Å². The highest BCUT2D eigenvalue weighted by atomic mass is 19.1. The molecule has 0 bridgehead atoms. The van der Waals surface area contributed by atoms with Crippen LogP contribution in [0.4, 0.5) is 4.39 Å². The number of rotatable bonds is 2. The number of fused-ring (bicyclic) bond motifs is 1. The monoisotopic (exact) mass is 294 g/mol. The van der Waals surface area contributed by atoms with Crippen LogP contribution in [-0.4, -0.2) is 29.5 Å². The Labute approximate surface area is 124 Å². The zero-order valence-corrected chi connectivity index (χ0v) is 11.7. The second-order valence-electron chi connectivity index (χ2n) is 4.80. The molecule has 0 amide bonds. The van der Waals surface area contributed by atoms with E-state index in [4.69, 9.17) is 0 Å². The third-order valence-corrected chi connectivity index (χ3v) is 3.42. The van der Waals surface area contributed by atoms with Crippen LogP contribution in [0.5, 0.6) is 0 Å². The van der Waals surface area contributed by atoms with Crippen LogP contribution in [-0.2, 0) is 0 Å². The summed E-state index contributed by atoms with van der Waals surface area (Å²) in [5.41, 5.74) is 1.61. The van der Waals surface area contributed by atoms with Gasteiger partial charge in [0.25, 0.3) is 0 Å². The third kappa shape index (κ3) is 1.79. The predicted molar refractivity (Wildman–Crippen MR) is 78.5 cm³/mol. The highest BCUT2D eigenvalue weighted by molar-refractivity contribution is 5.86. The van der Waals surface area contributed by atoms with Crippen molar-refractivity contribution >= 4 is 11.0 Å². The molecule has 108 valence electrons. The van der Waals surface area contributed by atoms with Crippen molar-refractivity contribution in [1.82, 2.24) is 29.5 Å². The maximum atomic E-state index is 14.1. The minimum atomic E-state index is -0.355. The Morgan fingerprint density at radius 3 is 2.73 bits per heavy atom. The summed E-state index contributed by atoms with van der Waals surface area (Å²) in [5.74, 6) is 0.265. The van der Waals surface area contributed by atoms with E-state index in [9.17, 15) is 4.39 Å². The van der Waals surface area contributed by atoms with Gasteiger partial charge >= 0.3 is 0 Å². The maximum Gasteiger partial charge on any atom is 0.168 e. The first-order chi connectivity index (χ1) is 10.8. The van der Waals surface area contributed by atoms with E-state index in [1.165, 1.54) is 17.1 Å². The van der Waals surface area contributed by atoms with Crippen molar-refractivity contribution in [3.05, 3.63) is 60.6 Å². The standard InChI is InChI=1S/C15H11FN6/c1-10-13-14(21-8-4-7-19-21)17-9-18-15(13)22(20-10)12-6-3-2-5-11(12)16/h2-9H,1H3. The highest BCUT2D eigenvalue weighted by Gasteiger charge is 2.17. The molecule has 4 rings (SSSR count). The molecule has 1 aromatic carbocycles. The molecule has 0 aliphatic carbocycles. The lowest BCUT2D eigenvalue weighted by Gasteiger charge is -2.05. The summed E-state index contributed by atoms with van der Waals surface area (Å²) in [7, 11) is 0. The molecule has 0 aliphatic heterocycles. The van der Waals surface area contributed by atoms with E-state index in [-0.39, 0.29) is 5.82 Å². The number of hydrogen-bond donors (Lipinski definition) is 0. The largest absolute Gasteiger partial charge is 0.222 e. The van der Waals surface area contributed by atoms with Gasteiger partial charge in [0.1, 0.15) is 17.8 Å². The summed E-state index contributed by atoms with van der Waals surface area (Å²) in [6, 6.07) is 8.27. The van der Waals surface area contributed by atoms with Gasteiger partial charge in [-0.1, -0.05) is 12.1 Å². The summed E-state index contributed by atoms with van der Waals surface area (Å²) in [4.78, 5) is 8.55. The molecule has 3 aromatic heterocycles. The van der Waals surface area contributed by atoms with Gasteiger partial charge in [-0.05, 0) is 25.1 Å². The van der Waals surface area contributed by atoms with Gasteiger partial charge in [-0.25, -0.2) is 23.7 Å². The van der Waals surface area contributed by atoms with Crippen LogP contribution in [0.3, 0.4) is 0 Å². The fraction of sp³-hybridized carbons (Fsp3) is 0.0667. The zero-order chi connectivity index (χ0) is 15.1. The Bertz CT molecular complexity index is 958. The molecule has 0 aliphatic rings. The van der Waals surface area contributed by atoms with Crippen molar-refractivity contribution < 1.29 is 4.39 Å². The van der Waals surface area contributed by atoms with Gasteiger partial charge in [0, 0.05) is 12.4 Å². The molecule has 0 saturated carbocycles. The Hall–Kier alpha value is -3.09. The first kappa shape index (κ1) is 12.6. The number of aryl methyl sites for hydroxylation is 1. The Kier molecular flexibility index (Phi) is 2.72. The highest BCUT2D eigenvalue weighted by Crippen LogP contribution is 2.25. The second kappa shape index (κ2) is 4.73. The molecule has 4 aromatic rings. The van der Waals surface area contributed by atoms with Crippen molar-refractivity contribution in [2.45, 2.75) is 6.92 Å². The van der Waals surface area contributed by atoms with Crippen LogP contribution in [0.25, 0.3) is 22.5 Å². The molecule has 0 saturated heterocycles. The Morgan fingerprint density at radius 2 is 1.95 bits per heavy atom. The normalized spacial score (nSPS) is 11.2. The van der Waals surface area contributed by atoms with Crippen molar-refractivity contribution in [2.24, 2.45) is 0 Å². The SMILES string of the molecule is Cc1nn(-c2ccccc2F)c2ncnc(-n3cccn3)c12. The zero-order valence-electron chi connectivity index (χ0n) is 11.7. The molecular formula is C15H11FN6. The van der Waals surface area contributed by atoms with Crippen LogP contribution in [0.1, 0.15) is 5.69 Å². The molecular weight excluding hydrogens is 283 g/mol. The second-order valence-corrected chi connectivity index (χ2v) is 4.80. The third-order valence-electron chi connectivity index (χ3n) is 3.42. The molecule has 0 unspecified atom stereocenters. The average Bonchev–Trinajstić information content (AvgIpc) is 3.16. The first-order valence-electron chi connectivity index (χ1n) is 6.71. The lowest BCUT2D eigenvalue weighted by atomic mass is 10.3. The molecule has 0 radical (unpaired) electrons. The number of benzene rings is 1. The molecule has 7 heteroatoms. The average molecular weight is 294 g/mol. The van der Waals surface area contributed by atoms with Crippen molar-refractivity contribution in [3.63, 3.8) is 0 Å². The molecule has 0 spiro atoms. The van der Waals surface area contributed by atoms with Gasteiger partial charge in [-0.2, -0.15) is 10.2 Å². The quantitative estimate of drug-likeness (QED) is 0.569. The smallest absolute Gasteiger partial charge is 0.168 e. The molecule has 0 atom stereocenters. The van der Waals surface area contributed by atoms with Gasteiger partial charge in [-0.3, -0.25) is 0 Å². The van der Waals surface area contributed by atoms with E-state index < -0.39 is 0 Å². The number of hydrogen-bond acceptors (Lipinski definition) is 4. The van der Waals surface area contributed by atoms with Crippen molar-refractivity contribution in [2.75, 3.05) is 0 Å². The van der Waals surface area contributed by atoms with E-state index >= 15 is 0 Å². The Morgan fingerprint density at radius 1 is 1.09 bits per heavy atom. The number of para-hydroxylation sites is 1. The summed E-state index contributed by atoms with van der Waals surface area (Å²) in [6.07, 6.45) is 4.89. The number of nitrogens with zero attached hydrogens (tertiary/aromatic N) is 6. The minimum absolute atomic E-state index is 0.353. The van der Waals surface area contributed by atoms with Crippen LogP contribution >= 0.6 is 0 Å². The number of halogens is 1. The topological polar surface area (TPSA) is 61.4 Å². The Balaban J connectivity index is 2.05. The summed E-state index contributed by atoms with van der Waals surface area (Å²) in [6.45, 7) is 1.84. The van der Waals surface area contributed by atoms with Gasteiger partial charge in [0.05, 0.1) is 11.1 Å². The molecule has 0 fully saturated rings. The minimum Gasteiger partial charge on any atom is -0.222 e. The van der Waals surface area contributed by atoms with Crippen LogP contribution in [0, 0.1) is 12.7 Å². The lowest BCUT2D eigenvalue weighted by Crippen LogP contribution is -2.03. The van der Waals surface area contributed by atoms with E-state index in [2.05, 4.69) is 20.2 Å². The molecule has 22 heavy (non-hydrogen) atoms. The summed E-state index contributed by atoms with van der Waals surface area (Å²) < 4.78 is 17.2. The van der Waals surface area contributed by atoms with Gasteiger partial charge < -0.3 is 0 Å². The molecule has 0 N–H and O–H groups in total. The van der Waals surface area contributed by atoms with Crippen LogP contribution in [0.15, 0.2) is 49.1 Å². The van der Waals surface area contributed by atoms with Gasteiger partial charge in [0.15, 0.2) is 11.5 Å². The van der Waals surface area contributed by atoms with Crippen molar-refractivity contribution in [1.29, 1.82) is 0 Å². The first-order valence-corrected chi connectivity index (χ1v) is 6.71. The van der Waals surface area contributed by atoms with E-state index in [0.717, 1.165) is 5.39 Å². The van der Waals surface area contributed by atoms with E-state index in [1.807, 2.05) is 13.0 Å². The molecule has 6 nitrogen and oxygen atoms in total. The van der Waals surface area contributed by atoms with E-state index in [1.54, 1.807) is 35.3 Å². The summed E-state index contributed by atoms with van der Waals surface area (Å²) in [5, 5.41) is 9.36. The predicted octanol–water partition coefficient (Wildman–Crippen LogP) is 2.45. The fourth-order valence-corrected chi connectivity index (χ4v) is 2.46. The maximum absolute atomic E-state index is 14.1. The fourth-order valence-electron chi connectivity index (χ4n) is 2.46. The summed E-state index contributed by atoms with van der Waals surface area (Å²) >= 11 is 0. The van der Waals surface area contributed by atoms with Crippen LogP contribution in [0.2, 0.25) is 0 Å². The van der Waals surface area contributed by atoms with E-state index in [0.29, 0.717) is 22.8 Å². The molecule has 3 heterocycles.